The van der Waals surface area contributed by atoms with E-state index in [1.807, 2.05) is 45.9 Å². The van der Waals surface area contributed by atoms with E-state index in [4.69, 9.17) is 5.73 Å². The van der Waals surface area contributed by atoms with Crippen molar-refractivity contribution in [3.8, 4) is 0 Å². The Labute approximate surface area is 242 Å². The molecule has 0 radical (unpaired) electrons. The van der Waals surface area contributed by atoms with Crippen molar-refractivity contribution in [2.24, 2.45) is 16.6 Å². The van der Waals surface area contributed by atoms with Gasteiger partial charge in [-0.15, -0.1) is 0 Å². The minimum absolute atomic E-state index is 0.170. The molecular formula is C33H51N5O2. The van der Waals surface area contributed by atoms with Gasteiger partial charge < -0.3 is 15.8 Å². The second kappa shape index (κ2) is 21.2. The predicted molar refractivity (Wildman–Crippen MR) is 169 cm³/mol. The molecule has 1 amide bonds. The van der Waals surface area contributed by atoms with Gasteiger partial charge in [-0.05, 0) is 90.9 Å². The summed E-state index contributed by atoms with van der Waals surface area (Å²) in [6.45, 7) is 19.3. The summed E-state index contributed by atoms with van der Waals surface area (Å²) in [5.74, 6) is 1.16. The molecule has 0 unspecified atom stereocenters. The van der Waals surface area contributed by atoms with E-state index in [1.165, 1.54) is 18.4 Å². The molecule has 0 fully saturated rings. The number of Topliss-reactive ketones (excluding diaryl/α,β-unsaturated/α-hetero) is 1. The number of nitrogens with one attached hydrogen (secondary N) is 1. The van der Waals surface area contributed by atoms with E-state index in [9.17, 15) is 9.59 Å². The number of allylic oxidation sites excluding steroid dienone is 8. The number of carbonyl (C=O) groups excluding carboxylic acids is 2. The first kappa shape index (κ1) is 36.4. The average Bonchev–Trinajstić information content (AvgIpc) is 2.92. The van der Waals surface area contributed by atoms with Gasteiger partial charge in [-0.25, -0.2) is 9.97 Å². The quantitative estimate of drug-likeness (QED) is 0.172. The molecule has 7 heteroatoms. The van der Waals surface area contributed by atoms with E-state index >= 15 is 0 Å². The van der Waals surface area contributed by atoms with Gasteiger partial charge in [0.2, 0.25) is 0 Å². The van der Waals surface area contributed by atoms with Crippen molar-refractivity contribution in [2.45, 2.75) is 100 Å². The molecule has 0 saturated heterocycles. The molecule has 220 valence electrons. The van der Waals surface area contributed by atoms with Gasteiger partial charge in [-0.2, -0.15) is 0 Å². The van der Waals surface area contributed by atoms with E-state index in [2.05, 4.69) is 46.8 Å². The lowest BCUT2D eigenvalue weighted by Crippen LogP contribution is -2.28. The number of nitrogens with two attached hydrogens (primary N) is 1. The lowest BCUT2D eigenvalue weighted by molar-refractivity contribution is -0.117. The van der Waals surface area contributed by atoms with E-state index in [0.29, 0.717) is 30.3 Å². The van der Waals surface area contributed by atoms with E-state index in [-0.39, 0.29) is 11.7 Å². The summed E-state index contributed by atoms with van der Waals surface area (Å²) in [6.07, 6.45) is 17.7. The first-order chi connectivity index (χ1) is 19.0. The van der Waals surface area contributed by atoms with E-state index in [0.717, 1.165) is 41.8 Å². The van der Waals surface area contributed by atoms with Gasteiger partial charge in [0.25, 0.3) is 5.91 Å². The molecule has 0 aliphatic rings. The summed E-state index contributed by atoms with van der Waals surface area (Å²) >= 11 is 0. The van der Waals surface area contributed by atoms with Crippen LogP contribution in [-0.4, -0.2) is 27.4 Å². The third kappa shape index (κ3) is 15.7. The number of amides is 1. The number of hydrogen-bond acceptors (Lipinski definition) is 6. The highest BCUT2D eigenvalue weighted by Gasteiger charge is 2.13. The number of aromatic nitrogens is 2. The average molecular weight is 550 g/mol. The maximum absolute atomic E-state index is 11.8. The molecule has 1 heterocycles. The molecule has 1 aromatic heterocycles. The zero-order valence-electron chi connectivity index (χ0n) is 26.0. The maximum atomic E-state index is 11.8. The number of nitrogens with zero attached hydrogens (tertiary/aromatic N) is 3. The molecule has 3 N–H and O–H groups in total. The number of aliphatic imine (C=N–C) groups is 1. The van der Waals surface area contributed by atoms with Gasteiger partial charge in [0.05, 0.1) is 0 Å². The fraction of sp³-hybridized carbons (Fsp3) is 0.485. The van der Waals surface area contributed by atoms with Crippen LogP contribution in [0.1, 0.15) is 106 Å². The third-order valence-corrected chi connectivity index (χ3v) is 5.97. The van der Waals surface area contributed by atoms with Crippen molar-refractivity contribution in [3.63, 3.8) is 0 Å². The Morgan fingerprint density at radius 2 is 1.65 bits per heavy atom. The lowest BCUT2D eigenvalue weighted by atomic mass is 9.88. The summed E-state index contributed by atoms with van der Waals surface area (Å²) in [5, 5.41) is 2.81. The van der Waals surface area contributed by atoms with Crippen molar-refractivity contribution < 1.29 is 9.59 Å². The number of hydrogen-bond donors (Lipinski definition) is 2. The molecule has 0 bridgehead atoms. The van der Waals surface area contributed by atoms with Crippen LogP contribution < -0.4 is 11.1 Å². The zero-order valence-corrected chi connectivity index (χ0v) is 26.0. The van der Waals surface area contributed by atoms with Crippen molar-refractivity contribution >= 4 is 23.0 Å². The van der Waals surface area contributed by atoms with Gasteiger partial charge in [-0.1, -0.05) is 51.0 Å². The molecule has 0 aliphatic heterocycles. The van der Waals surface area contributed by atoms with Crippen molar-refractivity contribution in [1.29, 1.82) is 0 Å². The van der Waals surface area contributed by atoms with Crippen molar-refractivity contribution in [3.05, 3.63) is 77.8 Å². The first-order valence-corrected chi connectivity index (χ1v) is 14.2. The number of ketones is 1. The minimum Gasteiger partial charge on any atom is -0.402 e. The second-order valence-electron chi connectivity index (χ2n) is 10.0. The van der Waals surface area contributed by atoms with Gasteiger partial charge in [0.15, 0.2) is 5.82 Å². The van der Waals surface area contributed by atoms with Crippen molar-refractivity contribution in [1.82, 2.24) is 15.3 Å². The highest BCUT2D eigenvalue weighted by atomic mass is 16.2. The Morgan fingerprint density at radius 1 is 1.05 bits per heavy atom. The van der Waals surface area contributed by atoms with Crippen LogP contribution >= 0.6 is 0 Å². The highest BCUT2D eigenvalue weighted by Crippen LogP contribution is 2.27. The van der Waals surface area contributed by atoms with Gasteiger partial charge in [0.1, 0.15) is 11.5 Å². The molecule has 0 aliphatic carbocycles. The molecular weight excluding hydrogens is 498 g/mol. The van der Waals surface area contributed by atoms with Gasteiger partial charge >= 0.3 is 0 Å². The Morgan fingerprint density at radius 3 is 2.10 bits per heavy atom. The molecule has 0 spiro atoms. The Hall–Kier alpha value is -3.61. The summed E-state index contributed by atoms with van der Waals surface area (Å²) < 4.78 is 0. The Balaban J connectivity index is 0.000000765. The smallest absolute Gasteiger partial charge is 0.269 e. The topological polar surface area (TPSA) is 110 Å². The second-order valence-corrected chi connectivity index (χ2v) is 10.0. The summed E-state index contributed by atoms with van der Waals surface area (Å²) in [6, 6.07) is 1.81. The first-order valence-electron chi connectivity index (χ1n) is 14.2. The normalized spacial score (nSPS) is 12.7. The molecule has 1 aromatic rings. The molecule has 0 saturated carbocycles. The summed E-state index contributed by atoms with van der Waals surface area (Å²) in [7, 11) is 0. The molecule has 0 aromatic carbocycles. The monoisotopic (exact) mass is 549 g/mol. The molecule has 7 nitrogen and oxygen atoms in total. The fourth-order valence-corrected chi connectivity index (χ4v) is 3.81. The molecule has 0 atom stereocenters. The highest BCUT2D eigenvalue weighted by molar-refractivity contribution is 6.38. The van der Waals surface area contributed by atoms with E-state index in [1.54, 1.807) is 32.4 Å². The zero-order chi connectivity index (χ0) is 30.5. The fourth-order valence-electron chi connectivity index (χ4n) is 3.81. The maximum Gasteiger partial charge on any atom is 0.269 e. The van der Waals surface area contributed by atoms with Crippen molar-refractivity contribution in [2.75, 3.05) is 0 Å². The standard InChI is InChI=1S/C18H27N3.C15H24N2O2/c1-5-9-16(10-6-2)15(7-3)13-17(14(4)19)18-20-11-8-12-21-18;1-6-14(9-7-8-12(4)18)17-15(19)13(5)16-10-11(2)3/h7-8,11-13,16H,3,5-6,9-10,19H2,1-2,4H3;6,10H,7-9H2,1-5H3,(H,17,19)/b15-13+,17-14-;14-6-,16-13?. The Kier molecular flexibility index (Phi) is 19.3. The van der Waals surface area contributed by atoms with Gasteiger partial charge in [-0.3, -0.25) is 9.79 Å². The van der Waals surface area contributed by atoms with E-state index < -0.39 is 0 Å². The number of rotatable bonds is 15. The van der Waals surface area contributed by atoms with Crippen LogP contribution in [0, 0.1) is 5.92 Å². The van der Waals surface area contributed by atoms with Crippen LogP contribution in [-0.2, 0) is 9.59 Å². The summed E-state index contributed by atoms with van der Waals surface area (Å²) in [4.78, 5) is 35.4. The van der Waals surface area contributed by atoms with Crippen LogP contribution in [0.4, 0.5) is 0 Å². The van der Waals surface area contributed by atoms with Crippen LogP contribution in [0.2, 0.25) is 0 Å². The molecule has 1 rings (SSSR count). The summed E-state index contributed by atoms with van der Waals surface area (Å²) in [5.41, 5.74) is 11.2. The van der Waals surface area contributed by atoms with Crippen LogP contribution in [0.5, 0.6) is 0 Å². The van der Waals surface area contributed by atoms with Crippen LogP contribution in [0.15, 0.2) is 77.0 Å². The Bertz CT molecular complexity index is 1080. The van der Waals surface area contributed by atoms with Gasteiger partial charge in [0, 0.05) is 42.0 Å². The number of carbonyl (C=O) groups is 2. The van der Waals surface area contributed by atoms with Crippen LogP contribution in [0.25, 0.3) is 5.57 Å². The predicted octanol–water partition coefficient (Wildman–Crippen LogP) is 7.65. The van der Waals surface area contributed by atoms with Crippen LogP contribution in [0.3, 0.4) is 0 Å². The third-order valence-electron chi connectivity index (χ3n) is 5.97. The largest absolute Gasteiger partial charge is 0.402 e. The molecule has 40 heavy (non-hydrogen) atoms. The minimum atomic E-state index is -0.201. The SMILES string of the molecule is C/C=C(/CCCC(C)=O)NC(=O)C(C)=NC=C(C)C.C=C/C(=C\C(=C(/C)N)c1ncccn1)C(CCC)CCC. The lowest BCUT2D eigenvalue weighted by Gasteiger charge is -2.17.